The number of hydrogen-bond donors (Lipinski definition) is 0. The van der Waals surface area contributed by atoms with E-state index in [0.717, 1.165) is 50.0 Å². The third kappa shape index (κ3) is 6.69. The first-order valence-corrected chi connectivity index (χ1v) is 10.1. The summed E-state index contributed by atoms with van der Waals surface area (Å²) in [4.78, 5) is 2.55. The molecule has 0 spiro atoms. The van der Waals surface area contributed by atoms with Crippen LogP contribution in [0.5, 0.6) is 0 Å². The lowest BCUT2D eigenvalue weighted by Gasteiger charge is -2.22. The Hall–Kier alpha value is -3.26. The van der Waals surface area contributed by atoms with E-state index in [9.17, 15) is 0 Å². The summed E-state index contributed by atoms with van der Waals surface area (Å²) < 4.78 is 0. The van der Waals surface area contributed by atoms with Crippen LogP contribution in [0.1, 0.15) is 27.8 Å². The van der Waals surface area contributed by atoms with Gasteiger partial charge in [0.1, 0.15) is 0 Å². The van der Waals surface area contributed by atoms with Gasteiger partial charge in [0, 0.05) is 30.8 Å². The molecule has 1 heteroatoms. The largest absolute Gasteiger partial charge is 0.302 e. The molecule has 0 bridgehead atoms. The SMILES string of the molecule is C#Cc1ccc(CCN(CCc2ccccc2)CCc2ccc(C#C)cc2)cc1. The fraction of sp³-hybridized carbons (Fsp3) is 0.214. The molecule has 0 unspecified atom stereocenters. The lowest BCUT2D eigenvalue weighted by atomic mass is 10.1. The fourth-order valence-corrected chi connectivity index (χ4v) is 3.38. The second-order valence-corrected chi connectivity index (χ2v) is 7.26. The van der Waals surface area contributed by atoms with Crippen LogP contribution < -0.4 is 0 Å². The molecule has 0 aromatic heterocycles. The van der Waals surface area contributed by atoms with Gasteiger partial charge in [-0.1, -0.05) is 66.4 Å². The van der Waals surface area contributed by atoms with E-state index in [1.807, 2.05) is 24.3 Å². The Balaban J connectivity index is 1.59. The quantitative estimate of drug-likeness (QED) is 0.476. The minimum atomic E-state index is 0.935. The van der Waals surface area contributed by atoms with E-state index in [1.165, 1.54) is 16.7 Å². The first-order chi connectivity index (χ1) is 14.3. The normalized spacial score (nSPS) is 10.4. The number of rotatable bonds is 9. The van der Waals surface area contributed by atoms with Gasteiger partial charge in [-0.15, -0.1) is 12.8 Å². The fourth-order valence-electron chi connectivity index (χ4n) is 3.38. The molecule has 0 amide bonds. The van der Waals surface area contributed by atoms with E-state index in [4.69, 9.17) is 12.8 Å². The zero-order valence-electron chi connectivity index (χ0n) is 16.9. The van der Waals surface area contributed by atoms with Crippen LogP contribution in [0.4, 0.5) is 0 Å². The minimum Gasteiger partial charge on any atom is -0.302 e. The van der Waals surface area contributed by atoms with E-state index in [1.54, 1.807) is 0 Å². The standard InChI is InChI=1S/C28H27N/c1-3-24-10-14-27(15-11-24)19-22-29(21-18-26-8-6-5-7-9-26)23-20-28-16-12-25(4-2)13-17-28/h1-2,5-17H,18-23H2. The molecule has 0 aliphatic rings. The van der Waals surface area contributed by atoms with Crippen LogP contribution in [0.15, 0.2) is 78.9 Å². The highest BCUT2D eigenvalue weighted by Crippen LogP contribution is 2.09. The molecule has 0 saturated heterocycles. The van der Waals surface area contributed by atoms with Crippen LogP contribution in [0, 0.1) is 24.7 Å². The van der Waals surface area contributed by atoms with Crippen molar-refractivity contribution >= 4 is 0 Å². The zero-order chi connectivity index (χ0) is 20.3. The van der Waals surface area contributed by atoms with Crippen LogP contribution >= 0.6 is 0 Å². The molecule has 1 nitrogen and oxygen atoms in total. The molecule has 3 rings (SSSR count). The topological polar surface area (TPSA) is 3.24 Å². The molecular weight excluding hydrogens is 350 g/mol. The summed E-state index contributed by atoms with van der Waals surface area (Å²) >= 11 is 0. The molecule has 3 aromatic carbocycles. The highest BCUT2D eigenvalue weighted by atomic mass is 15.1. The number of benzene rings is 3. The first-order valence-electron chi connectivity index (χ1n) is 10.1. The second kappa shape index (κ2) is 10.9. The molecule has 0 atom stereocenters. The molecule has 0 fully saturated rings. The van der Waals surface area contributed by atoms with Crippen molar-refractivity contribution in [2.24, 2.45) is 0 Å². The molecule has 144 valence electrons. The molecule has 3 aromatic rings. The zero-order valence-corrected chi connectivity index (χ0v) is 16.9. The molecular formula is C28H27N. The molecule has 0 N–H and O–H groups in total. The highest BCUT2D eigenvalue weighted by molar-refractivity contribution is 5.35. The van der Waals surface area contributed by atoms with Crippen molar-refractivity contribution in [3.8, 4) is 24.7 Å². The van der Waals surface area contributed by atoms with Crippen molar-refractivity contribution in [3.63, 3.8) is 0 Å². The smallest absolute Gasteiger partial charge is 0.0242 e. The maximum absolute atomic E-state index is 5.46. The third-order valence-electron chi connectivity index (χ3n) is 5.23. The summed E-state index contributed by atoms with van der Waals surface area (Å²) in [5.41, 5.74) is 5.91. The summed E-state index contributed by atoms with van der Waals surface area (Å²) in [6.07, 6.45) is 14.0. The Labute approximate surface area is 175 Å². The van der Waals surface area contributed by atoms with Gasteiger partial charge >= 0.3 is 0 Å². The second-order valence-electron chi connectivity index (χ2n) is 7.26. The Kier molecular flexibility index (Phi) is 7.71. The van der Waals surface area contributed by atoms with Crippen molar-refractivity contribution in [1.29, 1.82) is 0 Å². The number of terminal acetylenes is 2. The Bertz CT molecular complexity index is 893. The van der Waals surface area contributed by atoms with E-state index in [0.29, 0.717) is 0 Å². The summed E-state index contributed by atoms with van der Waals surface area (Å²) in [6, 6.07) is 27.4. The van der Waals surface area contributed by atoms with Gasteiger partial charge in [-0.05, 0) is 60.2 Å². The predicted molar refractivity (Wildman–Crippen MR) is 123 cm³/mol. The lowest BCUT2D eigenvalue weighted by molar-refractivity contribution is 0.284. The Morgan fingerprint density at radius 2 is 0.897 bits per heavy atom. The van der Waals surface area contributed by atoms with Crippen molar-refractivity contribution in [3.05, 3.63) is 107 Å². The summed E-state index contributed by atoms with van der Waals surface area (Å²) in [5, 5.41) is 0. The van der Waals surface area contributed by atoms with Crippen molar-refractivity contribution < 1.29 is 0 Å². The molecule has 0 heterocycles. The van der Waals surface area contributed by atoms with E-state index in [-0.39, 0.29) is 0 Å². The van der Waals surface area contributed by atoms with Gasteiger partial charge in [0.25, 0.3) is 0 Å². The average Bonchev–Trinajstić information content (AvgIpc) is 2.80. The third-order valence-corrected chi connectivity index (χ3v) is 5.23. The van der Waals surface area contributed by atoms with Gasteiger partial charge in [0.2, 0.25) is 0 Å². The summed E-state index contributed by atoms with van der Waals surface area (Å²) in [6.45, 7) is 3.12. The summed E-state index contributed by atoms with van der Waals surface area (Å²) in [5.74, 6) is 5.36. The monoisotopic (exact) mass is 377 g/mol. The van der Waals surface area contributed by atoms with Gasteiger partial charge in [-0.2, -0.15) is 0 Å². The van der Waals surface area contributed by atoms with Gasteiger partial charge in [-0.3, -0.25) is 0 Å². The number of hydrogen-bond acceptors (Lipinski definition) is 1. The van der Waals surface area contributed by atoms with E-state index < -0.39 is 0 Å². The first kappa shape index (κ1) is 20.5. The predicted octanol–water partition coefficient (Wildman–Crippen LogP) is 4.98. The summed E-state index contributed by atoms with van der Waals surface area (Å²) in [7, 11) is 0. The van der Waals surface area contributed by atoms with E-state index in [2.05, 4.69) is 71.3 Å². The highest BCUT2D eigenvalue weighted by Gasteiger charge is 2.07. The Morgan fingerprint density at radius 3 is 1.28 bits per heavy atom. The van der Waals surface area contributed by atoms with Crippen molar-refractivity contribution in [2.45, 2.75) is 19.3 Å². The van der Waals surface area contributed by atoms with Crippen LogP contribution in [0.3, 0.4) is 0 Å². The van der Waals surface area contributed by atoms with Gasteiger partial charge in [-0.25, -0.2) is 0 Å². The molecule has 0 aliphatic carbocycles. The molecule has 0 saturated carbocycles. The lowest BCUT2D eigenvalue weighted by Crippen LogP contribution is -2.30. The van der Waals surface area contributed by atoms with Crippen molar-refractivity contribution in [1.82, 2.24) is 4.90 Å². The van der Waals surface area contributed by atoms with Crippen molar-refractivity contribution in [2.75, 3.05) is 19.6 Å². The Morgan fingerprint density at radius 1 is 0.517 bits per heavy atom. The van der Waals surface area contributed by atoms with Gasteiger partial charge in [0.05, 0.1) is 0 Å². The number of nitrogens with zero attached hydrogens (tertiary/aromatic N) is 1. The maximum Gasteiger partial charge on any atom is 0.0242 e. The average molecular weight is 378 g/mol. The van der Waals surface area contributed by atoms with Gasteiger partial charge in [0.15, 0.2) is 0 Å². The van der Waals surface area contributed by atoms with Crippen LogP contribution in [-0.2, 0) is 19.3 Å². The minimum absolute atomic E-state index is 0.935. The van der Waals surface area contributed by atoms with Crippen LogP contribution in [0.2, 0.25) is 0 Å². The van der Waals surface area contributed by atoms with E-state index >= 15 is 0 Å². The molecule has 29 heavy (non-hydrogen) atoms. The van der Waals surface area contributed by atoms with Crippen LogP contribution in [-0.4, -0.2) is 24.5 Å². The molecule has 0 radical (unpaired) electrons. The molecule has 0 aliphatic heterocycles. The van der Waals surface area contributed by atoms with Crippen LogP contribution in [0.25, 0.3) is 0 Å². The maximum atomic E-state index is 5.46. The van der Waals surface area contributed by atoms with Gasteiger partial charge < -0.3 is 4.90 Å².